The molecule has 3 rings (SSSR count). The highest BCUT2D eigenvalue weighted by Gasteiger charge is 2.30. The van der Waals surface area contributed by atoms with Crippen molar-refractivity contribution in [2.45, 2.75) is 25.0 Å². The number of nitrogens with zero attached hydrogens (tertiary/aromatic N) is 1. The van der Waals surface area contributed by atoms with Crippen molar-refractivity contribution >= 4 is 12.1 Å². The molecule has 1 aromatic carbocycles. The summed E-state index contributed by atoms with van der Waals surface area (Å²) in [5.41, 5.74) is 0.427. The minimum atomic E-state index is -0.311. The maximum Gasteiger partial charge on any atom is 0.280 e. The molecule has 2 atom stereocenters. The average molecular weight is 261 g/mol. The second-order valence-electron chi connectivity index (χ2n) is 4.58. The molecule has 19 heavy (non-hydrogen) atoms. The molecule has 0 saturated carbocycles. The Labute approximate surface area is 111 Å². The van der Waals surface area contributed by atoms with Gasteiger partial charge in [0.15, 0.2) is 6.10 Å². The number of carbonyl (C=O) groups excluding carboxylic acids is 1. The molecule has 0 radical (unpaired) electrons. The van der Waals surface area contributed by atoms with Gasteiger partial charge in [-0.25, -0.2) is 4.99 Å². The standard InChI is InChI=1S/C14H15NO4/c1-17-9-4-5-11-10(7-9)14(16)15-8-13(19-11)12-3-2-6-18-12/h4-5,7-8,12-13H,2-3,6H2,1H3. The van der Waals surface area contributed by atoms with Crippen LogP contribution in [0.25, 0.3) is 0 Å². The predicted molar refractivity (Wildman–Crippen MR) is 69.2 cm³/mol. The van der Waals surface area contributed by atoms with E-state index in [1.807, 2.05) is 0 Å². The van der Waals surface area contributed by atoms with Crippen LogP contribution in [0.3, 0.4) is 0 Å². The Balaban J connectivity index is 1.92. The molecule has 0 aliphatic carbocycles. The van der Waals surface area contributed by atoms with Gasteiger partial charge >= 0.3 is 0 Å². The number of rotatable bonds is 2. The first-order valence-electron chi connectivity index (χ1n) is 6.33. The van der Waals surface area contributed by atoms with E-state index in [9.17, 15) is 4.79 Å². The van der Waals surface area contributed by atoms with Crippen molar-refractivity contribution < 1.29 is 19.0 Å². The Bertz CT molecular complexity index is 520. The van der Waals surface area contributed by atoms with Gasteiger partial charge in [0.25, 0.3) is 5.91 Å². The number of hydrogen-bond acceptors (Lipinski definition) is 4. The third-order valence-electron chi connectivity index (χ3n) is 3.35. The quantitative estimate of drug-likeness (QED) is 0.815. The van der Waals surface area contributed by atoms with E-state index in [1.165, 1.54) is 0 Å². The number of aliphatic imine (C=N–C) groups is 1. The summed E-state index contributed by atoms with van der Waals surface area (Å²) in [6, 6.07) is 5.15. The van der Waals surface area contributed by atoms with Gasteiger partial charge in [0.05, 0.1) is 25.0 Å². The summed E-state index contributed by atoms with van der Waals surface area (Å²) in [4.78, 5) is 15.9. The Morgan fingerprint density at radius 3 is 3.05 bits per heavy atom. The van der Waals surface area contributed by atoms with Gasteiger partial charge in [0.2, 0.25) is 0 Å². The fraction of sp³-hybridized carbons (Fsp3) is 0.429. The number of hydrogen-bond donors (Lipinski definition) is 0. The van der Waals surface area contributed by atoms with Crippen LogP contribution >= 0.6 is 0 Å². The van der Waals surface area contributed by atoms with Crippen molar-refractivity contribution in [1.29, 1.82) is 0 Å². The molecule has 0 N–H and O–H groups in total. The first kappa shape index (κ1) is 12.2. The Morgan fingerprint density at radius 1 is 1.42 bits per heavy atom. The molecule has 5 nitrogen and oxygen atoms in total. The minimum absolute atomic E-state index is 0.0235. The lowest BCUT2D eigenvalue weighted by molar-refractivity contribution is 0.0452. The van der Waals surface area contributed by atoms with E-state index in [2.05, 4.69) is 4.99 Å². The van der Waals surface area contributed by atoms with Gasteiger partial charge in [-0.05, 0) is 31.0 Å². The third kappa shape index (κ3) is 2.33. The lowest BCUT2D eigenvalue weighted by atomic mass is 10.1. The Kier molecular flexibility index (Phi) is 3.21. The molecule has 1 saturated heterocycles. The molecule has 2 aliphatic rings. The van der Waals surface area contributed by atoms with Crippen molar-refractivity contribution in [2.75, 3.05) is 13.7 Å². The van der Waals surface area contributed by atoms with Crippen molar-refractivity contribution in [2.24, 2.45) is 4.99 Å². The Morgan fingerprint density at radius 2 is 2.32 bits per heavy atom. The topological polar surface area (TPSA) is 57.1 Å². The van der Waals surface area contributed by atoms with Crippen LogP contribution in [0, 0.1) is 0 Å². The van der Waals surface area contributed by atoms with Gasteiger partial charge in [-0.15, -0.1) is 0 Å². The highest BCUT2D eigenvalue weighted by Crippen LogP contribution is 2.29. The van der Waals surface area contributed by atoms with Crippen LogP contribution in [0.4, 0.5) is 0 Å². The molecular formula is C14H15NO4. The van der Waals surface area contributed by atoms with Gasteiger partial charge in [-0.1, -0.05) is 0 Å². The summed E-state index contributed by atoms with van der Waals surface area (Å²) < 4.78 is 16.6. The number of carbonyl (C=O) groups is 1. The molecule has 5 heteroatoms. The summed E-state index contributed by atoms with van der Waals surface area (Å²) in [6.45, 7) is 0.738. The molecule has 2 aliphatic heterocycles. The largest absolute Gasteiger partial charge is 0.497 e. The van der Waals surface area contributed by atoms with Crippen LogP contribution in [-0.4, -0.2) is 38.0 Å². The van der Waals surface area contributed by atoms with Crippen LogP contribution in [-0.2, 0) is 4.74 Å². The molecule has 2 unspecified atom stereocenters. The van der Waals surface area contributed by atoms with Crippen molar-refractivity contribution in [1.82, 2.24) is 0 Å². The zero-order chi connectivity index (χ0) is 13.2. The van der Waals surface area contributed by atoms with Gasteiger partial charge in [-0.3, -0.25) is 4.79 Å². The van der Waals surface area contributed by atoms with Gasteiger partial charge < -0.3 is 14.2 Å². The number of fused-ring (bicyclic) bond motifs is 1. The molecule has 1 fully saturated rings. The van der Waals surface area contributed by atoms with Gasteiger partial charge in [0.1, 0.15) is 11.5 Å². The van der Waals surface area contributed by atoms with E-state index in [0.717, 1.165) is 19.4 Å². The number of amides is 1. The molecule has 0 spiro atoms. The van der Waals surface area contributed by atoms with Crippen LogP contribution in [0.2, 0.25) is 0 Å². The van der Waals surface area contributed by atoms with Crippen LogP contribution in [0.5, 0.6) is 11.5 Å². The molecule has 1 amide bonds. The predicted octanol–water partition coefficient (Wildman–Crippen LogP) is 1.85. The van der Waals surface area contributed by atoms with E-state index in [-0.39, 0.29) is 18.1 Å². The van der Waals surface area contributed by atoms with E-state index in [1.54, 1.807) is 31.5 Å². The van der Waals surface area contributed by atoms with E-state index in [0.29, 0.717) is 17.1 Å². The summed E-state index contributed by atoms with van der Waals surface area (Å²) in [7, 11) is 1.56. The van der Waals surface area contributed by atoms with Crippen molar-refractivity contribution in [3.63, 3.8) is 0 Å². The lowest BCUT2D eigenvalue weighted by Gasteiger charge is -2.20. The van der Waals surface area contributed by atoms with Crippen LogP contribution in [0.1, 0.15) is 23.2 Å². The van der Waals surface area contributed by atoms with E-state index < -0.39 is 0 Å². The van der Waals surface area contributed by atoms with Crippen molar-refractivity contribution in [3.05, 3.63) is 23.8 Å². The maximum atomic E-state index is 12.0. The summed E-state index contributed by atoms with van der Waals surface area (Å²) in [5.74, 6) is 0.833. The highest BCUT2D eigenvalue weighted by atomic mass is 16.5. The molecule has 100 valence electrons. The molecule has 2 heterocycles. The summed E-state index contributed by atoms with van der Waals surface area (Å²) >= 11 is 0. The molecule has 0 bridgehead atoms. The highest BCUT2D eigenvalue weighted by molar-refractivity contribution is 6.03. The zero-order valence-corrected chi connectivity index (χ0v) is 10.7. The molecule has 1 aromatic rings. The lowest BCUT2D eigenvalue weighted by Crippen LogP contribution is -2.32. The fourth-order valence-corrected chi connectivity index (χ4v) is 2.33. The van der Waals surface area contributed by atoms with Crippen LogP contribution in [0.15, 0.2) is 23.2 Å². The first-order valence-corrected chi connectivity index (χ1v) is 6.33. The molecular weight excluding hydrogens is 246 g/mol. The Hall–Kier alpha value is -1.88. The van der Waals surface area contributed by atoms with E-state index >= 15 is 0 Å². The monoisotopic (exact) mass is 261 g/mol. The minimum Gasteiger partial charge on any atom is -0.497 e. The fourth-order valence-electron chi connectivity index (χ4n) is 2.33. The van der Waals surface area contributed by atoms with Crippen LogP contribution < -0.4 is 9.47 Å². The van der Waals surface area contributed by atoms with Gasteiger partial charge in [-0.2, -0.15) is 0 Å². The smallest absolute Gasteiger partial charge is 0.280 e. The van der Waals surface area contributed by atoms with Gasteiger partial charge in [0, 0.05) is 6.61 Å². The number of benzene rings is 1. The SMILES string of the molecule is COc1ccc2c(c1)C(=O)N=CC(C1CCCO1)O2. The zero-order valence-electron chi connectivity index (χ0n) is 10.7. The van der Waals surface area contributed by atoms with Crippen molar-refractivity contribution in [3.8, 4) is 11.5 Å². The third-order valence-corrected chi connectivity index (χ3v) is 3.35. The number of ether oxygens (including phenoxy) is 3. The second kappa shape index (κ2) is 5.01. The maximum absolute atomic E-state index is 12.0. The normalized spacial score (nSPS) is 25.6. The number of methoxy groups -OCH3 is 1. The van der Waals surface area contributed by atoms with E-state index in [4.69, 9.17) is 14.2 Å². The average Bonchev–Trinajstić information content (AvgIpc) is 2.92. The first-order chi connectivity index (χ1) is 9.28. The summed E-state index contributed by atoms with van der Waals surface area (Å²) in [6.07, 6.45) is 3.16. The summed E-state index contributed by atoms with van der Waals surface area (Å²) in [5, 5.41) is 0. The second-order valence-corrected chi connectivity index (χ2v) is 4.58. The molecule has 0 aromatic heterocycles.